The summed E-state index contributed by atoms with van der Waals surface area (Å²) in [5, 5.41) is 12.3. The van der Waals surface area contributed by atoms with E-state index in [9.17, 15) is 17.9 Å². The predicted octanol–water partition coefficient (Wildman–Crippen LogP) is 1.32. The summed E-state index contributed by atoms with van der Waals surface area (Å²) in [6, 6.07) is 6.44. The number of aliphatic hydroxyl groups excluding tert-OH is 1. The Kier molecular flexibility index (Phi) is 4.87. The maximum absolute atomic E-state index is 12.9. The highest BCUT2D eigenvalue weighted by Crippen LogP contribution is 2.36. The Labute approximate surface area is 145 Å². The monoisotopic (exact) mass is 366 g/mol. The Morgan fingerprint density at radius 3 is 2.56 bits per heavy atom. The predicted molar refractivity (Wildman–Crippen MR) is 91.4 cm³/mol. The molecule has 2 aromatic rings. The number of sulfone groups is 1. The molecule has 0 spiro atoms. The first-order valence-electron chi connectivity index (χ1n) is 7.88. The van der Waals surface area contributed by atoms with Crippen LogP contribution in [0.4, 0.5) is 16.2 Å². The highest BCUT2D eigenvalue weighted by atomic mass is 32.2. The topological polar surface area (TPSA) is 118 Å². The fourth-order valence-electron chi connectivity index (χ4n) is 2.69. The zero-order valence-electron chi connectivity index (χ0n) is 13.4. The highest BCUT2D eigenvalue weighted by Gasteiger charge is 2.30. The summed E-state index contributed by atoms with van der Waals surface area (Å²) < 4.78 is 37.3. The third kappa shape index (κ3) is 4.23. The van der Waals surface area contributed by atoms with Crippen molar-refractivity contribution in [1.82, 2.24) is 9.97 Å². The van der Waals surface area contributed by atoms with Gasteiger partial charge in [-0.2, -0.15) is 4.98 Å². The van der Waals surface area contributed by atoms with Crippen LogP contribution in [-0.4, -0.2) is 41.9 Å². The SMILES string of the molecule is Nc1nc(NCCS(=O)(=O)c2ccc(F)cc2)cc(C2CC(O)C2)n1. The lowest BCUT2D eigenvalue weighted by Crippen LogP contribution is -2.27. The van der Waals surface area contributed by atoms with Crippen molar-refractivity contribution in [2.45, 2.75) is 29.8 Å². The average Bonchev–Trinajstić information content (AvgIpc) is 2.51. The van der Waals surface area contributed by atoms with Gasteiger partial charge in [-0.3, -0.25) is 0 Å². The lowest BCUT2D eigenvalue weighted by Gasteiger charge is -2.30. The van der Waals surface area contributed by atoms with Crippen LogP contribution in [0.15, 0.2) is 35.2 Å². The number of rotatable bonds is 6. The zero-order chi connectivity index (χ0) is 18.0. The molecule has 0 amide bonds. The number of anilines is 2. The third-order valence-corrected chi connectivity index (χ3v) is 5.88. The molecule has 1 aromatic carbocycles. The first kappa shape index (κ1) is 17.6. The molecule has 1 fully saturated rings. The molecule has 0 bridgehead atoms. The van der Waals surface area contributed by atoms with E-state index in [4.69, 9.17) is 5.73 Å². The minimum absolute atomic E-state index is 0.0713. The van der Waals surface area contributed by atoms with Gasteiger partial charge in [0.05, 0.1) is 22.4 Å². The van der Waals surface area contributed by atoms with Gasteiger partial charge in [-0.05, 0) is 37.1 Å². The number of nitrogen functional groups attached to an aromatic ring is 1. The lowest BCUT2D eigenvalue weighted by atomic mass is 9.80. The number of hydrogen-bond donors (Lipinski definition) is 3. The zero-order valence-corrected chi connectivity index (χ0v) is 14.2. The molecule has 9 heteroatoms. The van der Waals surface area contributed by atoms with E-state index in [1.807, 2.05) is 0 Å². The number of nitrogens with two attached hydrogens (primary N) is 1. The maximum atomic E-state index is 12.9. The molecule has 134 valence electrons. The second-order valence-corrected chi connectivity index (χ2v) is 8.17. The largest absolute Gasteiger partial charge is 0.393 e. The summed E-state index contributed by atoms with van der Waals surface area (Å²) in [5.41, 5.74) is 6.43. The van der Waals surface area contributed by atoms with Crippen LogP contribution in [-0.2, 0) is 9.84 Å². The molecule has 3 rings (SSSR count). The summed E-state index contributed by atoms with van der Waals surface area (Å²) in [5.74, 6) is 0.0342. The molecule has 0 aliphatic heterocycles. The van der Waals surface area contributed by atoms with E-state index in [2.05, 4.69) is 15.3 Å². The summed E-state index contributed by atoms with van der Waals surface area (Å²) in [4.78, 5) is 8.28. The number of nitrogens with zero attached hydrogens (tertiary/aromatic N) is 2. The Hall–Kier alpha value is -2.26. The van der Waals surface area contributed by atoms with Crippen LogP contribution >= 0.6 is 0 Å². The van der Waals surface area contributed by atoms with Gasteiger partial charge >= 0.3 is 0 Å². The van der Waals surface area contributed by atoms with E-state index < -0.39 is 15.7 Å². The van der Waals surface area contributed by atoms with Crippen molar-refractivity contribution < 1.29 is 17.9 Å². The van der Waals surface area contributed by atoms with E-state index in [0.717, 1.165) is 17.8 Å². The van der Waals surface area contributed by atoms with Crippen LogP contribution < -0.4 is 11.1 Å². The molecule has 25 heavy (non-hydrogen) atoms. The third-order valence-electron chi connectivity index (χ3n) is 4.14. The van der Waals surface area contributed by atoms with Crippen molar-refractivity contribution >= 4 is 21.6 Å². The van der Waals surface area contributed by atoms with Crippen LogP contribution in [0.25, 0.3) is 0 Å². The molecule has 7 nitrogen and oxygen atoms in total. The van der Waals surface area contributed by atoms with Crippen molar-refractivity contribution in [1.29, 1.82) is 0 Å². The summed E-state index contributed by atoms with van der Waals surface area (Å²) in [6.45, 7) is 0.128. The molecule has 4 N–H and O–H groups in total. The Morgan fingerprint density at radius 1 is 1.24 bits per heavy atom. The number of nitrogens with one attached hydrogen (secondary N) is 1. The minimum Gasteiger partial charge on any atom is -0.393 e. The normalized spacial score (nSPS) is 20.1. The van der Waals surface area contributed by atoms with E-state index in [1.54, 1.807) is 6.07 Å². The van der Waals surface area contributed by atoms with Crippen molar-refractivity contribution in [2.24, 2.45) is 0 Å². The number of aliphatic hydroxyl groups is 1. The fourth-order valence-corrected chi connectivity index (χ4v) is 3.84. The molecule has 0 unspecified atom stereocenters. The second kappa shape index (κ2) is 6.93. The van der Waals surface area contributed by atoms with E-state index in [-0.39, 0.29) is 35.2 Å². The van der Waals surface area contributed by atoms with Crippen molar-refractivity contribution in [3.63, 3.8) is 0 Å². The Morgan fingerprint density at radius 2 is 1.92 bits per heavy atom. The van der Waals surface area contributed by atoms with Gasteiger partial charge in [0.25, 0.3) is 0 Å². The van der Waals surface area contributed by atoms with E-state index in [0.29, 0.717) is 18.7 Å². The molecule has 1 aliphatic carbocycles. The van der Waals surface area contributed by atoms with E-state index in [1.165, 1.54) is 12.1 Å². The molecule has 1 heterocycles. The summed E-state index contributed by atoms with van der Waals surface area (Å²) in [6.07, 6.45) is 0.961. The van der Waals surface area contributed by atoms with Crippen molar-refractivity contribution in [2.75, 3.05) is 23.3 Å². The quantitative estimate of drug-likeness (QED) is 0.660. The van der Waals surface area contributed by atoms with Gasteiger partial charge in [0.15, 0.2) is 9.84 Å². The summed E-state index contributed by atoms with van der Waals surface area (Å²) in [7, 11) is -3.52. The van der Waals surface area contributed by atoms with Crippen molar-refractivity contribution in [3.05, 3.63) is 41.8 Å². The molecular formula is C16H19FN4O3S. The van der Waals surface area contributed by atoms with Crippen LogP contribution in [0.2, 0.25) is 0 Å². The standard InChI is InChI=1S/C16H19FN4O3S/c17-11-1-3-13(4-2-11)25(23,24)6-5-19-15-9-14(20-16(18)21-15)10-7-12(22)8-10/h1-4,9-10,12,22H,5-8H2,(H3,18,19,20,21). The molecule has 1 saturated carbocycles. The number of hydrogen-bond acceptors (Lipinski definition) is 7. The Bertz CT molecular complexity index is 852. The maximum Gasteiger partial charge on any atom is 0.222 e. The van der Waals surface area contributed by atoms with Crippen molar-refractivity contribution in [3.8, 4) is 0 Å². The number of halogens is 1. The van der Waals surface area contributed by atoms with Gasteiger partial charge in [-0.15, -0.1) is 0 Å². The lowest BCUT2D eigenvalue weighted by molar-refractivity contribution is 0.0732. The van der Waals surface area contributed by atoms with Crippen LogP contribution in [0.3, 0.4) is 0 Å². The van der Waals surface area contributed by atoms with Gasteiger partial charge < -0.3 is 16.2 Å². The second-order valence-electron chi connectivity index (χ2n) is 6.06. The first-order valence-corrected chi connectivity index (χ1v) is 9.53. The number of aromatic nitrogens is 2. The molecule has 1 aliphatic rings. The van der Waals surface area contributed by atoms with Crippen LogP contribution in [0, 0.1) is 5.82 Å². The van der Waals surface area contributed by atoms with Gasteiger partial charge in [0.1, 0.15) is 11.6 Å². The van der Waals surface area contributed by atoms with Crippen LogP contribution in [0.5, 0.6) is 0 Å². The molecular weight excluding hydrogens is 347 g/mol. The fraction of sp³-hybridized carbons (Fsp3) is 0.375. The average molecular weight is 366 g/mol. The molecule has 0 saturated heterocycles. The molecule has 0 atom stereocenters. The number of benzene rings is 1. The van der Waals surface area contributed by atoms with Gasteiger partial charge in [0, 0.05) is 18.5 Å². The van der Waals surface area contributed by atoms with Crippen LogP contribution in [0.1, 0.15) is 24.5 Å². The molecule has 0 radical (unpaired) electrons. The van der Waals surface area contributed by atoms with Gasteiger partial charge in [-0.25, -0.2) is 17.8 Å². The van der Waals surface area contributed by atoms with E-state index >= 15 is 0 Å². The first-order chi connectivity index (χ1) is 11.8. The smallest absolute Gasteiger partial charge is 0.222 e. The van der Waals surface area contributed by atoms with Gasteiger partial charge in [-0.1, -0.05) is 0 Å². The molecule has 1 aromatic heterocycles. The highest BCUT2D eigenvalue weighted by molar-refractivity contribution is 7.91. The van der Waals surface area contributed by atoms with Gasteiger partial charge in [0.2, 0.25) is 5.95 Å². The minimum atomic E-state index is -3.52. The Balaban J connectivity index is 1.62. The summed E-state index contributed by atoms with van der Waals surface area (Å²) >= 11 is 0.